The summed E-state index contributed by atoms with van der Waals surface area (Å²) in [4.78, 5) is 31.1. The number of phenols is 1. The fourth-order valence-corrected chi connectivity index (χ4v) is 5.30. The van der Waals surface area contributed by atoms with E-state index in [1.54, 1.807) is 0 Å². The first-order valence-corrected chi connectivity index (χ1v) is 14.5. The third kappa shape index (κ3) is 6.40. The summed E-state index contributed by atoms with van der Waals surface area (Å²) in [6.45, 7) is 0. The minimum Gasteiger partial charge on any atom is -0.505 e. The lowest BCUT2D eigenvalue weighted by Crippen LogP contribution is -2.04. The van der Waals surface area contributed by atoms with E-state index in [4.69, 9.17) is 5.73 Å². The normalized spacial score (nSPS) is 12.2. The molecule has 0 aromatic heterocycles. The first-order chi connectivity index (χ1) is 20.9. The second-order valence-electron chi connectivity index (χ2n) is 8.74. The number of nitro groups is 1. The number of fused-ring (bicyclic) bond motifs is 1. The van der Waals surface area contributed by atoms with Crippen LogP contribution in [0.1, 0.15) is 20.7 Å². The van der Waals surface area contributed by atoms with Gasteiger partial charge in [0.05, 0.1) is 27.1 Å². The zero-order chi connectivity index (χ0) is 33.4. The quantitative estimate of drug-likeness (QED) is 0.0463. The average Bonchev–Trinajstić information content (AvgIpc) is 2.94. The maximum Gasteiger partial charge on any atom is 0.337 e. The van der Waals surface area contributed by atoms with Crippen LogP contribution in [-0.2, 0) is 20.2 Å². The van der Waals surface area contributed by atoms with Crippen molar-refractivity contribution in [1.29, 1.82) is 0 Å². The van der Waals surface area contributed by atoms with E-state index in [1.165, 1.54) is 18.2 Å². The van der Waals surface area contributed by atoms with Crippen LogP contribution in [0.4, 0.5) is 34.1 Å². The van der Waals surface area contributed by atoms with Crippen molar-refractivity contribution in [1.82, 2.24) is 0 Å². The minimum atomic E-state index is -5.33. The van der Waals surface area contributed by atoms with Crippen molar-refractivity contribution < 1.29 is 55.8 Å². The van der Waals surface area contributed by atoms with Crippen LogP contribution in [-0.4, -0.2) is 58.1 Å². The second-order valence-corrected chi connectivity index (χ2v) is 11.5. The molecule has 0 saturated carbocycles. The number of nitro benzene ring substituents is 1. The molecule has 0 bridgehead atoms. The lowest BCUT2D eigenvalue weighted by atomic mass is 10.0. The van der Waals surface area contributed by atoms with Crippen LogP contribution >= 0.6 is 0 Å². The maximum absolute atomic E-state index is 12.3. The predicted octanol–water partition coefficient (Wildman–Crippen LogP) is 4.76. The highest BCUT2D eigenvalue weighted by atomic mass is 32.2. The molecular weight excluding hydrogens is 644 g/mol. The number of nitrogens with zero attached hydrogens (tertiary/aromatic N) is 5. The number of hydrogen-bond acceptors (Lipinski definition) is 14. The molecular formula is C24H16N6O13S2. The summed E-state index contributed by atoms with van der Waals surface area (Å²) in [5.74, 6) is -4.26. The lowest BCUT2D eigenvalue weighted by molar-refractivity contribution is -0.384. The molecule has 4 aromatic rings. The number of nitrogens with two attached hydrogens (primary N) is 1. The Hall–Kier alpha value is -5.90. The van der Waals surface area contributed by atoms with Crippen LogP contribution in [0.3, 0.4) is 0 Å². The number of non-ortho nitro benzene ring substituents is 1. The Morgan fingerprint density at radius 2 is 1.31 bits per heavy atom. The number of azo groups is 2. The van der Waals surface area contributed by atoms with Crippen molar-refractivity contribution >= 4 is 77.1 Å². The molecule has 0 aliphatic rings. The van der Waals surface area contributed by atoms with Gasteiger partial charge in [-0.1, -0.05) is 12.1 Å². The van der Waals surface area contributed by atoms with Gasteiger partial charge in [0.1, 0.15) is 32.5 Å². The number of aromatic carboxylic acids is 2. The highest BCUT2D eigenvalue weighted by Gasteiger charge is 2.29. The van der Waals surface area contributed by atoms with Crippen molar-refractivity contribution in [2.45, 2.75) is 9.79 Å². The van der Waals surface area contributed by atoms with Crippen LogP contribution in [0.5, 0.6) is 5.75 Å². The third-order valence-electron chi connectivity index (χ3n) is 5.95. The molecule has 0 heterocycles. The Labute approximate surface area is 250 Å². The summed E-state index contributed by atoms with van der Waals surface area (Å²) in [7, 11) is -10.6. The van der Waals surface area contributed by atoms with Gasteiger partial charge in [-0.05, 0) is 30.3 Å². The standard InChI is InChI=1S/C24H16N6O13S2/c25-20-16(28-27-15-7-10(30(36)37)5-6-12(15)24(34)35)9-17(44(38,39)40)13-8-18(45(41,42)43)21(22(31)19(13)20)29-26-14-4-2-1-3-11(14)23(32)33/h1-9,31H,25H2,(H,32,33)(H,34,35)(H,38,39,40)(H,41,42,43). The van der Waals surface area contributed by atoms with Gasteiger partial charge in [0.2, 0.25) is 0 Å². The average molecular weight is 661 g/mol. The van der Waals surface area contributed by atoms with E-state index in [0.29, 0.717) is 12.1 Å². The van der Waals surface area contributed by atoms with Crippen molar-refractivity contribution in [2.75, 3.05) is 5.73 Å². The number of carbonyl (C=O) groups is 2. The molecule has 0 radical (unpaired) electrons. The topological polar surface area (TPSA) is 322 Å². The molecule has 21 heteroatoms. The van der Waals surface area contributed by atoms with E-state index in [0.717, 1.165) is 24.3 Å². The van der Waals surface area contributed by atoms with Gasteiger partial charge in [0.15, 0.2) is 5.75 Å². The molecule has 19 nitrogen and oxygen atoms in total. The smallest absolute Gasteiger partial charge is 0.337 e. The summed E-state index contributed by atoms with van der Waals surface area (Å²) in [5.41, 5.74) is 1.26. The molecule has 4 rings (SSSR count). The zero-order valence-electron chi connectivity index (χ0n) is 21.8. The van der Waals surface area contributed by atoms with E-state index in [-0.39, 0.29) is 5.69 Å². The van der Waals surface area contributed by atoms with Crippen LogP contribution < -0.4 is 5.73 Å². The molecule has 0 aliphatic carbocycles. The molecule has 0 aliphatic heterocycles. The number of carboxylic acid groups (broad SMARTS) is 2. The number of phenolic OH excluding ortho intramolecular Hbond substituents is 1. The summed E-state index contributed by atoms with van der Waals surface area (Å²) >= 11 is 0. The molecule has 0 spiro atoms. The molecule has 0 amide bonds. The van der Waals surface area contributed by atoms with Gasteiger partial charge in [0, 0.05) is 17.5 Å². The maximum atomic E-state index is 12.3. The van der Waals surface area contributed by atoms with E-state index in [2.05, 4.69) is 20.5 Å². The molecule has 45 heavy (non-hydrogen) atoms. The van der Waals surface area contributed by atoms with Crippen LogP contribution in [0.15, 0.2) is 84.8 Å². The molecule has 0 fully saturated rings. The number of carboxylic acids is 2. The zero-order valence-corrected chi connectivity index (χ0v) is 23.5. The number of rotatable bonds is 9. The van der Waals surface area contributed by atoms with Crippen molar-refractivity contribution in [3.8, 4) is 5.75 Å². The number of anilines is 1. The Balaban J connectivity index is 2.07. The van der Waals surface area contributed by atoms with E-state index in [1.807, 2.05) is 0 Å². The highest BCUT2D eigenvalue weighted by Crippen LogP contribution is 2.48. The minimum absolute atomic E-state index is 0.328. The fraction of sp³-hybridized carbons (Fsp3) is 0. The number of aromatic hydroxyl groups is 1. The van der Waals surface area contributed by atoms with E-state index >= 15 is 0 Å². The molecule has 0 atom stereocenters. The van der Waals surface area contributed by atoms with Gasteiger partial charge in [-0.3, -0.25) is 19.2 Å². The molecule has 4 aromatic carbocycles. The number of benzene rings is 4. The first-order valence-electron chi connectivity index (χ1n) is 11.7. The Kier molecular flexibility index (Phi) is 8.29. The van der Waals surface area contributed by atoms with Gasteiger partial charge < -0.3 is 21.1 Å². The van der Waals surface area contributed by atoms with Crippen molar-refractivity contribution in [2.24, 2.45) is 20.5 Å². The first kappa shape index (κ1) is 32.0. The molecule has 0 unspecified atom stereocenters. The van der Waals surface area contributed by atoms with Gasteiger partial charge >= 0.3 is 11.9 Å². The van der Waals surface area contributed by atoms with E-state index < -0.39 is 103 Å². The Morgan fingerprint density at radius 1 is 0.756 bits per heavy atom. The Morgan fingerprint density at radius 3 is 1.89 bits per heavy atom. The van der Waals surface area contributed by atoms with Crippen LogP contribution in [0, 0.1) is 10.1 Å². The Bertz CT molecular complexity index is 2230. The van der Waals surface area contributed by atoms with Gasteiger partial charge in [0.25, 0.3) is 25.9 Å². The number of hydrogen-bond donors (Lipinski definition) is 6. The summed E-state index contributed by atoms with van der Waals surface area (Å²) in [5, 5.41) is 54.0. The van der Waals surface area contributed by atoms with Crippen molar-refractivity contribution in [3.63, 3.8) is 0 Å². The lowest BCUT2D eigenvalue weighted by Gasteiger charge is -2.14. The SMILES string of the molecule is Nc1c(N=Nc2cc([N+](=O)[O-])ccc2C(=O)O)cc(S(=O)(=O)O)c2cc(S(=O)(=O)O)c(N=Nc3ccccc3C(=O)O)c(O)c12. The van der Waals surface area contributed by atoms with Gasteiger partial charge in [-0.2, -0.15) is 16.8 Å². The van der Waals surface area contributed by atoms with Crippen LogP contribution in [0.2, 0.25) is 0 Å². The summed E-state index contributed by atoms with van der Waals surface area (Å²) in [6, 6.07) is 8.50. The molecule has 232 valence electrons. The van der Waals surface area contributed by atoms with Gasteiger partial charge in [-0.15, -0.1) is 20.5 Å². The van der Waals surface area contributed by atoms with Gasteiger partial charge in [-0.25, -0.2) is 9.59 Å². The predicted molar refractivity (Wildman–Crippen MR) is 151 cm³/mol. The van der Waals surface area contributed by atoms with Crippen LogP contribution in [0.25, 0.3) is 10.8 Å². The third-order valence-corrected chi connectivity index (χ3v) is 7.71. The summed E-state index contributed by atoms with van der Waals surface area (Å²) in [6.07, 6.45) is 0. The number of nitrogen functional groups attached to an aromatic ring is 1. The fourth-order valence-electron chi connectivity index (χ4n) is 3.95. The largest absolute Gasteiger partial charge is 0.505 e. The molecule has 7 N–H and O–H groups in total. The van der Waals surface area contributed by atoms with E-state index in [9.17, 15) is 61.0 Å². The monoisotopic (exact) mass is 660 g/mol. The second kappa shape index (κ2) is 11.6. The highest BCUT2D eigenvalue weighted by molar-refractivity contribution is 7.86. The summed E-state index contributed by atoms with van der Waals surface area (Å²) < 4.78 is 68.9. The van der Waals surface area contributed by atoms with Crippen molar-refractivity contribution in [3.05, 3.63) is 75.8 Å². The molecule has 0 saturated heterocycles.